The third kappa shape index (κ3) is 4.06. The van der Waals surface area contributed by atoms with Gasteiger partial charge in [0.15, 0.2) is 0 Å². The summed E-state index contributed by atoms with van der Waals surface area (Å²) in [6, 6.07) is 9.95. The van der Waals surface area contributed by atoms with Gasteiger partial charge in [0.05, 0.1) is 10.0 Å². The summed E-state index contributed by atoms with van der Waals surface area (Å²) in [5, 5.41) is 12.4. The number of pyridine rings is 1. The highest BCUT2D eigenvalue weighted by molar-refractivity contribution is 6.42. The number of halogens is 2. The SMILES string of the molecule is N#C/C(=C\c1ccncc1)C(=O)Nc1ccc(Cl)c(Cl)c1. The summed E-state index contributed by atoms with van der Waals surface area (Å²) in [5.74, 6) is -0.521. The smallest absolute Gasteiger partial charge is 0.266 e. The van der Waals surface area contributed by atoms with E-state index in [9.17, 15) is 4.79 Å². The maximum atomic E-state index is 12.1. The van der Waals surface area contributed by atoms with Crippen molar-refractivity contribution in [2.45, 2.75) is 0 Å². The van der Waals surface area contributed by atoms with Crippen LogP contribution < -0.4 is 5.32 Å². The number of amides is 1. The Morgan fingerprint density at radius 1 is 1.19 bits per heavy atom. The van der Waals surface area contributed by atoms with Crippen molar-refractivity contribution in [3.63, 3.8) is 0 Å². The molecule has 104 valence electrons. The molecule has 1 heterocycles. The molecule has 0 bridgehead atoms. The molecular formula is C15H9Cl2N3O. The Kier molecular flexibility index (Phi) is 4.94. The van der Waals surface area contributed by atoms with Gasteiger partial charge >= 0.3 is 0 Å². The number of benzene rings is 1. The van der Waals surface area contributed by atoms with E-state index in [1.807, 2.05) is 6.07 Å². The zero-order valence-corrected chi connectivity index (χ0v) is 12.2. The van der Waals surface area contributed by atoms with Crippen molar-refractivity contribution in [2.75, 3.05) is 5.32 Å². The van der Waals surface area contributed by atoms with Crippen molar-refractivity contribution < 1.29 is 4.79 Å². The Morgan fingerprint density at radius 2 is 1.90 bits per heavy atom. The Hall–Kier alpha value is -2.35. The van der Waals surface area contributed by atoms with E-state index in [1.54, 1.807) is 36.7 Å². The molecule has 0 spiro atoms. The van der Waals surface area contributed by atoms with Crippen LogP contribution in [0.3, 0.4) is 0 Å². The van der Waals surface area contributed by atoms with Gasteiger partial charge < -0.3 is 5.32 Å². The maximum Gasteiger partial charge on any atom is 0.266 e. The molecule has 0 saturated heterocycles. The molecule has 1 aromatic heterocycles. The monoisotopic (exact) mass is 317 g/mol. The standard InChI is InChI=1S/C15H9Cl2N3O/c16-13-2-1-12(8-14(13)17)20-15(21)11(9-18)7-10-3-5-19-6-4-10/h1-8H,(H,20,21)/b11-7+. The number of hydrogen-bond acceptors (Lipinski definition) is 3. The zero-order valence-electron chi connectivity index (χ0n) is 10.7. The van der Waals surface area contributed by atoms with Crippen LogP contribution in [0, 0.1) is 11.3 Å². The Labute approximate surface area is 131 Å². The van der Waals surface area contributed by atoms with Crippen LogP contribution in [-0.4, -0.2) is 10.9 Å². The van der Waals surface area contributed by atoms with Gasteiger partial charge in [0, 0.05) is 18.1 Å². The first-order valence-electron chi connectivity index (χ1n) is 5.88. The first kappa shape index (κ1) is 15.0. The van der Waals surface area contributed by atoms with E-state index in [2.05, 4.69) is 10.3 Å². The molecule has 0 saturated carbocycles. The maximum absolute atomic E-state index is 12.1. The number of carbonyl (C=O) groups excluding carboxylic acids is 1. The van der Waals surface area contributed by atoms with Crippen LogP contribution in [0.2, 0.25) is 10.0 Å². The molecule has 0 aliphatic carbocycles. The fourth-order valence-corrected chi connectivity index (χ4v) is 1.85. The predicted molar refractivity (Wildman–Crippen MR) is 82.9 cm³/mol. The number of carbonyl (C=O) groups is 1. The summed E-state index contributed by atoms with van der Waals surface area (Å²) >= 11 is 11.7. The van der Waals surface area contributed by atoms with Crippen LogP contribution in [0.25, 0.3) is 6.08 Å². The third-order valence-electron chi connectivity index (χ3n) is 2.56. The van der Waals surface area contributed by atoms with Gasteiger partial charge in [0.2, 0.25) is 0 Å². The zero-order chi connectivity index (χ0) is 15.2. The Bertz CT molecular complexity index is 736. The molecule has 1 amide bonds. The highest BCUT2D eigenvalue weighted by atomic mass is 35.5. The van der Waals surface area contributed by atoms with Gasteiger partial charge in [0.1, 0.15) is 11.6 Å². The molecular weight excluding hydrogens is 309 g/mol. The number of nitriles is 1. The molecule has 0 aliphatic heterocycles. The minimum absolute atomic E-state index is 0.0210. The molecule has 0 aliphatic rings. The number of hydrogen-bond donors (Lipinski definition) is 1. The average Bonchev–Trinajstić information content (AvgIpc) is 2.49. The number of nitrogens with one attached hydrogen (secondary N) is 1. The van der Waals surface area contributed by atoms with Crippen molar-refractivity contribution in [1.29, 1.82) is 5.26 Å². The number of aromatic nitrogens is 1. The van der Waals surface area contributed by atoms with Crippen LogP contribution in [0.4, 0.5) is 5.69 Å². The van der Waals surface area contributed by atoms with Gasteiger partial charge in [0.25, 0.3) is 5.91 Å². The lowest BCUT2D eigenvalue weighted by Gasteiger charge is -2.05. The van der Waals surface area contributed by atoms with Gasteiger partial charge in [-0.2, -0.15) is 5.26 Å². The molecule has 0 fully saturated rings. The molecule has 2 rings (SSSR count). The van der Waals surface area contributed by atoms with Crippen LogP contribution >= 0.6 is 23.2 Å². The lowest BCUT2D eigenvalue weighted by molar-refractivity contribution is -0.112. The van der Waals surface area contributed by atoms with Gasteiger partial charge in [-0.1, -0.05) is 23.2 Å². The van der Waals surface area contributed by atoms with Crippen molar-refractivity contribution in [1.82, 2.24) is 4.98 Å². The van der Waals surface area contributed by atoms with E-state index in [-0.39, 0.29) is 5.57 Å². The summed E-state index contributed by atoms with van der Waals surface area (Å²) in [6.07, 6.45) is 4.64. The van der Waals surface area contributed by atoms with Crippen molar-refractivity contribution in [3.05, 3.63) is 63.9 Å². The number of nitrogens with zero attached hydrogens (tertiary/aromatic N) is 2. The van der Waals surface area contributed by atoms with Gasteiger partial charge in [-0.25, -0.2) is 0 Å². The second-order valence-electron chi connectivity index (χ2n) is 4.03. The molecule has 21 heavy (non-hydrogen) atoms. The van der Waals surface area contributed by atoms with Crippen LogP contribution in [0.5, 0.6) is 0 Å². The normalized spacial score (nSPS) is 10.8. The third-order valence-corrected chi connectivity index (χ3v) is 3.30. The van der Waals surface area contributed by atoms with Crippen molar-refractivity contribution >= 4 is 40.9 Å². The lowest BCUT2D eigenvalue weighted by atomic mass is 10.1. The van der Waals surface area contributed by atoms with Gasteiger partial charge in [-0.3, -0.25) is 9.78 Å². The van der Waals surface area contributed by atoms with E-state index >= 15 is 0 Å². The average molecular weight is 318 g/mol. The molecule has 2 aromatic rings. The largest absolute Gasteiger partial charge is 0.321 e. The van der Waals surface area contributed by atoms with Crippen LogP contribution in [0.1, 0.15) is 5.56 Å². The summed E-state index contributed by atoms with van der Waals surface area (Å²) < 4.78 is 0. The van der Waals surface area contributed by atoms with Gasteiger partial charge in [-0.15, -0.1) is 0 Å². The predicted octanol–water partition coefficient (Wildman–Crippen LogP) is 3.93. The van der Waals surface area contributed by atoms with E-state index in [1.165, 1.54) is 12.1 Å². The fourth-order valence-electron chi connectivity index (χ4n) is 1.55. The lowest BCUT2D eigenvalue weighted by Crippen LogP contribution is -2.13. The Morgan fingerprint density at radius 3 is 2.52 bits per heavy atom. The minimum Gasteiger partial charge on any atom is -0.321 e. The number of rotatable bonds is 3. The quantitative estimate of drug-likeness (QED) is 0.689. The highest BCUT2D eigenvalue weighted by Gasteiger charge is 2.10. The summed E-state index contributed by atoms with van der Waals surface area (Å²) in [6.45, 7) is 0. The summed E-state index contributed by atoms with van der Waals surface area (Å²) in [4.78, 5) is 15.9. The second kappa shape index (κ2) is 6.89. The number of anilines is 1. The minimum atomic E-state index is -0.521. The molecule has 4 nitrogen and oxygen atoms in total. The van der Waals surface area contributed by atoms with E-state index in [0.717, 1.165) is 0 Å². The van der Waals surface area contributed by atoms with E-state index in [4.69, 9.17) is 28.5 Å². The second-order valence-corrected chi connectivity index (χ2v) is 4.85. The molecule has 0 radical (unpaired) electrons. The fraction of sp³-hybridized carbons (Fsp3) is 0. The van der Waals surface area contributed by atoms with Crippen LogP contribution in [0.15, 0.2) is 48.3 Å². The molecule has 1 N–H and O–H groups in total. The molecule has 0 atom stereocenters. The molecule has 1 aromatic carbocycles. The Balaban J connectivity index is 2.20. The molecule has 0 unspecified atom stereocenters. The topological polar surface area (TPSA) is 65.8 Å². The van der Waals surface area contributed by atoms with Crippen molar-refractivity contribution in [3.8, 4) is 6.07 Å². The van der Waals surface area contributed by atoms with Crippen LogP contribution in [-0.2, 0) is 4.79 Å². The first-order chi connectivity index (χ1) is 10.1. The first-order valence-corrected chi connectivity index (χ1v) is 6.64. The molecule has 6 heteroatoms. The highest BCUT2D eigenvalue weighted by Crippen LogP contribution is 2.25. The van der Waals surface area contributed by atoms with E-state index in [0.29, 0.717) is 21.3 Å². The van der Waals surface area contributed by atoms with E-state index < -0.39 is 5.91 Å². The van der Waals surface area contributed by atoms with Gasteiger partial charge in [-0.05, 0) is 42.0 Å². The summed E-state index contributed by atoms with van der Waals surface area (Å²) in [5.41, 5.74) is 1.16. The van der Waals surface area contributed by atoms with Crippen molar-refractivity contribution in [2.24, 2.45) is 0 Å². The summed E-state index contributed by atoms with van der Waals surface area (Å²) in [7, 11) is 0.